The van der Waals surface area contributed by atoms with E-state index >= 15 is 0 Å². The molecule has 2 heteroatoms. The Labute approximate surface area is 285 Å². The largest absolute Gasteiger partial charge is 0.456 e. The van der Waals surface area contributed by atoms with Crippen molar-refractivity contribution in [3.63, 3.8) is 0 Å². The summed E-state index contributed by atoms with van der Waals surface area (Å²) < 4.78 is 147. The molecule has 0 saturated heterocycles. The van der Waals surface area contributed by atoms with Crippen LogP contribution < -0.4 is 0 Å². The molecule has 0 unspecified atom stereocenters. The summed E-state index contributed by atoms with van der Waals surface area (Å²) in [6, 6.07) is 9.87. The number of hydrogen-bond donors (Lipinski definition) is 0. The molecule has 0 aliphatic heterocycles. The standard InChI is InChI=1S/C44H26O2/c1-2-12-28(13-3-1)39-24-31-25-41-38(26-40(31)45-39)36-19-10-20-37(44(36)46-41)43-34-17-8-6-15-32(34)42(33-16-7-9-18-35(33)43)30-22-21-27-11-4-5-14-29(27)23-30/h1-26H/i4D,5D,6D,7D,8D,9D,11D,14D,15D,16D,17D,18D,21D,22D,23D. The second-order valence-corrected chi connectivity index (χ2v) is 10.9. The van der Waals surface area contributed by atoms with Crippen molar-refractivity contribution >= 4 is 65.2 Å². The number of fused-ring (bicyclic) bond motifs is 7. The Bertz CT molecular complexity index is 3570. The Kier molecular flexibility index (Phi) is 3.11. The maximum atomic E-state index is 9.45. The molecule has 10 rings (SSSR count). The van der Waals surface area contributed by atoms with Gasteiger partial charge in [0.15, 0.2) is 0 Å². The summed E-state index contributed by atoms with van der Waals surface area (Å²) in [5, 5.41) is -0.0556. The molecule has 0 radical (unpaired) electrons. The van der Waals surface area contributed by atoms with Crippen molar-refractivity contribution in [1.82, 2.24) is 0 Å². The summed E-state index contributed by atoms with van der Waals surface area (Å²) >= 11 is 0. The maximum Gasteiger partial charge on any atom is 0.143 e. The first-order valence-electron chi connectivity index (χ1n) is 22.0. The van der Waals surface area contributed by atoms with Crippen LogP contribution in [0.2, 0.25) is 0 Å². The average molecular weight is 602 g/mol. The zero-order valence-corrected chi connectivity index (χ0v) is 23.7. The lowest BCUT2D eigenvalue weighted by Crippen LogP contribution is -1.91. The van der Waals surface area contributed by atoms with E-state index in [4.69, 9.17) is 21.2 Å². The zero-order valence-electron chi connectivity index (χ0n) is 38.7. The molecule has 8 aromatic carbocycles. The van der Waals surface area contributed by atoms with Gasteiger partial charge in [-0.3, -0.25) is 0 Å². The summed E-state index contributed by atoms with van der Waals surface area (Å²) in [4.78, 5) is 0. The number of para-hydroxylation sites is 1. The van der Waals surface area contributed by atoms with Crippen molar-refractivity contribution in [3.05, 3.63) is 157 Å². The molecule has 0 N–H and O–H groups in total. The van der Waals surface area contributed by atoms with E-state index in [1.54, 1.807) is 24.3 Å². The van der Waals surface area contributed by atoms with Gasteiger partial charge in [-0.15, -0.1) is 0 Å². The predicted octanol–water partition coefficient (Wildman–Crippen LogP) is 12.8. The Balaban J connectivity index is 1.41. The predicted molar refractivity (Wildman–Crippen MR) is 192 cm³/mol. The first-order valence-corrected chi connectivity index (χ1v) is 14.5. The third-order valence-corrected chi connectivity index (χ3v) is 8.34. The van der Waals surface area contributed by atoms with Crippen LogP contribution in [0.25, 0.3) is 98.8 Å². The third kappa shape index (κ3) is 3.71. The third-order valence-electron chi connectivity index (χ3n) is 8.34. The molecule has 2 aromatic heterocycles. The van der Waals surface area contributed by atoms with E-state index in [1.807, 2.05) is 42.5 Å². The van der Waals surface area contributed by atoms with E-state index in [9.17, 15) is 8.22 Å². The highest BCUT2D eigenvalue weighted by molar-refractivity contribution is 6.24. The number of furan rings is 2. The fourth-order valence-electron chi connectivity index (χ4n) is 6.32. The van der Waals surface area contributed by atoms with E-state index in [2.05, 4.69) is 0 Å². The number of hydrogen-bond acceptors (Lipinski definition) is 2. The minimum atomic E-state index is -0.753. The topological polar surface area (TPSA) is 26.3 Å². The summed E-state index contributed by atoms with van der Waals surface area (Å²) in [5.74, 6) is 0.644. The molecule has 0 aliphatic rings. The van der Waals surface area contributed by atoms with Crippen LogP contribution in [0, 0.1) is 0 Å². The molecular weight excluding hydrogens is 560 g/mol. The molecule has 214 valence electrons. The Hall–Kier alpha value is -6.12. The summed E-state index contributed by atoms with van der Waals surface area (Å²) in [6.45, 7) is 0. The second-order valence-electron chi connectivity index (χ2n) is 10.9. The minimum Gasteiger partial charge on any atom is -0.456 e. The fraction of sp³-hybridized carbons (Fsp3) is 0. The van der Waals surface area contributed by atoms with Crippen molar-refractivity contribution in [3.8, 4) is 33.6 Å². The molecule has 2 nitrogen and oxygen atoms in total. The van der Waals surface area contributed by atoms with Crippen molar-refractivity contribution < 1.29 is 29.4 Å². The first-order chi connectivity index (χ1) is 29.0. The van der Waals surface area contributed by atoms with Crippen LogP contribution in [0.4, 0.5) is 0 Å². The molecule has 0 aliphatic carbocycles. The lowest BCUT2D eigenvalue weighted by Gasteiger charge is -2.18. The molecule has 0 bridgehead atoms. The van der Waals surface area contributed by atoms with Crippen molar-refractivity contribution in [2.45, 2.75) is 0 Å². The van der Waals surface area contributed by atoms with Gasteiger partial charge in [0.2, 0.25) is 0 Å². The van der Waals surface area contributed by atoms with Crippen molar-refractivity contribution in [2.75, 3.05) is 0 Å². The zero-order chi connectivity index (χ0) is 43.2. The smallest absolute Gasteiger partial charge is 0.143 e. The molecule has 0 atom stereocenters. The fourth-order valence-corrected chi connectivity index (χ4v) is 6.32. The highest BCUT2D eigenvalue weighted by Crippen LogP contribution is 2.47. The lowest BCUT2D eigenvalue weighted by molar-refractivity contribution is 0.631. The Morgan fingerprint density at radius 1 is 0.435 bits per heavy atom. The van der Waals surface area contributed by atoms with Crippen LogP contribution in [0.3, 0.4) is 0 Å². The van der Waals surface area contributed by atoms with Gasteiger partial charge < -0.3 is 8.83 Å². The van der Waals surface area contributed by atoms with Gasteiger partial charge in [0.05, 0.1) is 20.6 Å². The van der Waals surface area contributed by atoms with Crippen LogP contribution in [-0.4, -0.2) is 0 Å². The quantitative estimate of drug-likeness (QED) is 0.188. The number of rotatable bonds is 3. The molecule has 46 heavy (non-hydrogen) atoms. The summed E-state index contributed by atoms with van der Waals surface area (Å²) in [6.07, 6.45) is 0. The van der Waals surface area contributed by atoms with Gasteiger partial charge in [-0.05, 0) is 67.7 Å². The Morgan fingerprint density at radius 3 is 1.89 bits per heavy atom. The van der Waals surface area contributed by atoms with Gasteiger partial charge in [-0.25, -0.2) is 0 Å². The van der Waals surface area contributed by atoms with Crippen LogP contribution in [-0.2, 0) is 0 Å². The maximum absolute atomic E-state index is 9.45. The van der Waals surface area contributed by atoms with E-state index in [0.29, 0.717) is 27.7 Å². The van der Waals surface area contributed by atoms with Crippen LogP contribution in [0.5, 0.6) is 0 Å². The second kappa shape index (κ2) is 9.69. The summed E-state index contributed by atoms with van der Waals surface area (Å²) in [7, 11) is 0. The van der Waals surface area contributed by atoms with Crippen LogP contribution in [0.1, 0.15) is 20.6 Å². The van der Waals surface area contributed by atoms with E-state index in [0.717, 1.165) is 10.9 Å². The van der Waals surface area contributed by atoms with Gasteiger partial charge in [0, 0.05) is 32.8 Å². The monoisotopic (exact) mass is 601 g/mol. The highest BCUT2D eigenvalue weighted by atomic mass is 16.3. The first kappa shape index (κ1) is 14.8. The van der Waals surface area contributed by atoms with E-state index in [-0.39, 0.29) is 38.3 Å². The Morgan fingerprint density at radius 2 is 1.13 bits per heavy atom. The average Bonchev–Trinajstić information content (AvgIpc) is 3.85. The molecule has 0 spiro atoms. The highest BCUT2D eigenvalue weighted by Gasteiger charge is 2.21. The van der Waals surface area contributed by atoms with Gasteiger partial charge in [-0.1, -0.05) is 133 Å². The van der Waals surface area contributed by atoms with Crippen LogP contribution in [0.15, 0.2) is 166 Å². The van der Waals surface area contributed by atoms with Crippen LogP contribution >= 0.6 is 0 Å². The molecule has 0 fully saturated rings. The molecule has 10 aromatic rings. The van der Waals surface area contributed by atoms with E-state index in [1.165, 1.54) is 0 Å². The van der Waals surface area contributed by atoms with Gasteiger partial charge in [-0.2, -0.15) is 0 Å². The molecular formula is C44H26O2. The molecule has 2 heterocycles. The van der Waals surface area contributed by atoms with Gasteiger partial charge in [0.25, 0.3) is 0 Å². The summed E-state index contributed by atoms with van der Waals surface area (Å²) in [5.41, 5.74) is 1.36. The molecule has 0 saturated carbocycles. The van der Waals surface area contributed by atoms with Crippen molar-refractivity contribution in [2.24, 2.45) is 0 Å². The van der Waals surface area contributed by atoms with E-state index < -0.39 is 113 Å². The van der Waals surface area contributed by atoms with Gasteiger partial charge >= 0.3 is 0 Å². The molecule has 0 amide bonds. The normalized spacial score (nSPS) is 16.5. The van der Waals surface area contributed by atoms with Crippen molar-refractivity contribution in [1.29, 1.82) is 0 Å². The van der Waals surface area contributed by atoms with Gasteiger partial charge in [0.1, 0.15) is 22.5 Å². The SMILES string of the molecule is [2H]c1c([2H])c([2H])c2c([2H])c(-c3c4c([2H])c([2H])c([2H])c([2H])c4c(-c4cccc5c4oc4cc6cc(-c7ccccc7)oc6cc45)c4c([2H])c([2H])c([2H])c([2H])c34)c([2H])c([2H])c2c1[2H]. The number of benzene rings is 8. The minimum absolute atomic E-state index is 0.0423. The lowest BCUT2D eigenvalue weighted by atomic mass is 9.85.